The Bertz CT molecular complexity index is 537. The highest BCUT2D eigenvalue weighted by Gasteiger charge is 2.17. The lowest BCUT2D eigenvalue weighted by Gasteiger charge is -2.16. The highest BCUT2D eigenvalue weighted by Crippen LogP contribution is 2.20. The third kappa shape index (κ3) is 2.70. The lowest BCUT2D eigenvalue weighted by atomic mass is 10.0. The molecule has 6 heteroatoms. The SMILES string of the molecule is CNC(Cc1nnn(C)n1)c1cc(C)ccc1F. The van der Waals surface area contributed by atoms with Crippen molar-refractivity contribution in [3.05, 3.63) is 41.0 Å². The Morgan fingerprint density at radius 1 is 1.44 bits per heavy atom. The molecule has 0 saturated heterocycles. The Kier molecular flexibility index (Phi) is 3.66. The third-order valence-corrected chi connectivity index (χ3v) is 2.81. The molecule has 1 atom stereocenters. The molecule has 18 heavy (non-hydrogen) atoms. The zero-order valence-electron chi connectivity index (χ0n) is 10.7. The minimum Gasteiger partial charge on any atom is -0.313 e. The van der Waals surface area contributed by atoms with Crippen molar-refractivity contribution in [3.8, 4) is 0 Å². The van der Waals surface area contributed by atoms with E-state index in [1.165, 1.54) is 10.9 Å². The van der Waals surface area contributed by atoms with Gasteiger partial charge in [0.25, 0.3) is 0 Å². The van der Waals surface area contributed by atoms with Crippen molar-refractivity contribution in [2.24, 2.45) is 7.05 Å². The first-order valence-electron chi connectivity index (χ1n) is 5.76. The van der Waals surface area contributed by atoms with Crippen LogP contribution in [0, 0.1) is 12.7 Å². The average molecular weight is 249 g/mol. The van der Waals surface area contributed by atoms with Gasteiger partial charge in [0.2, 0.25) is 0 Å². The number of rotatable bonds is 4. The smallest absolute Gasteiger partial charge is 0.176 e. The fourth-order valence-corrected chi connectivity index (χ4v) is 1.89. The molecule has 1 aromatic heterocycles. The molecule has 0 aliphatic carbocycles. The maximum Gasteiger partial charge on any atom is 0.176 e. The molecular formula is C12H16FN5. The van der Waals surface area contributed by atoms with Gasteiger partial charge in [0.15, 0.2) is 5.82 Å². The van der Waals surface area contributed by atoms with Crippen LogP contribution in [0.3, 0.4) is 0 Å². The molecule has 0 spiro atoms. The van der Waals surface area contributed by atoms with Gasteiger partial charge in [-0.05, 0) is 25.3 Å². The quantitative estimate of drug-likeness (QED) is 0.883. The van der Waals surface area contributed by atoms with Gasteiger partial charge < -0.3 is 5.32 Å². The predicted molar refractivity (Wildman–Crippen MR) is 65.4 cm³/mol. The highest BCUT2D eigenvalue weighted by atomic mass is 19.1. The van der Waals surface area contributed by atoms with Gasteiger partial charge in [0.05, 0.1) is 7.05 Å². The Morgan fingerprint density at radius 3 is 2.83 bits per heavy atom. The van der Waals surface area contributed by atoms with Crippen LogP contribution in [0.1, 0.15) is 23.0 Å². The summed E-state index contributed by atoms with van der Waals surface area (Å²) in [7, 11) is 3.50. The molecule has 0 aliphatic rings. The number of likely N-dealkylation sites (N-methyl/N-ethyl adjacent to an activating group) is 1. The second kappa shape index (κ2) is 5.22. The standard InChI is InChI=1S/C12H16FN5/c1-8-4-5-10(13)9(6-8)11(14-2)7-12-15-17-18(3)16-12/h4-6,11,14H,7H2,1-3H3. The maximum absolute atomic E-state index is 13.8. The number of tetrazole rings is 1. The highest BCUT2D eigenvalue weighted by molar-refractivity contribution is 5.27. The molecule has 0 amide bonds. The Morgan fingerprint density at radius 2 is 2.22 bits per heavy atom. The van der Waals surface area contributed by atoms with Crippen molar-refractivity contribution in [2.75, 3.05) is 7.05 Å². The number of halogens is 1. The number of aromatic nitrogens is 4. The fraction of sp³-hybridized carbons (Fsp3) is 0.417. The predicted octanol–water partition coefficient (Wildman–Crippen LogP) is 1.16. The lowest BCUT2D eigenvalue weighted by Crippen LogP contribution is -2.21. The molecular weight excluding hydrogens is 233 g/mol. The van der Waals surface area contributed by atoms with Gasteiger partial charge in [0.1, 0.15) is 5.82 Å². The molecule has 0 fully saturated rings. The van der Waals surface area contributed by atoms with Gasteiger partial charge in [-0.25, -0.2) is 4.39 Å². The fourth-order valence-electron chi connectivity index (χ4n) is 1.89. The number of hydrogen-bond acceptors (Lipinski definition) is 4. The second-order valence-corrected chi connectivity index (χ2v) is 4.27. The number of benzene rings is 1. The van der Waals surface area contributed by atoms with Crippen LogP contribution in [-0.4, -0.2) is 27.3 Å². The zero-order valence-corrected chi connectivity index (χ0v) is 10.7. The summed E-state index contributed by atoms with van der Waals surface area (Å²) in [5.74, 6) is 0.376. The summed E-state index contributed by atoms with van der Waals surface area (Å²) in [4.78, 5) is 1.40. The number of hydrogen-bond donors (Lipinski definition) is 1. The summed E-state index contributed by atoms with van der Waals surface area (Å²) in [5, 5.41) is 14.9. The van der Waals surface area contributed by atoms with Crippen LogP contribution in [0.4, 0.5) is 4.39 Å². The van der Waals surface area contributed by atoms with Crippen LogP contribution in [-0.2, 0) is 13.5 Å². The van der Waals surface area contributed by atoms with Crippen molar-refractivity contribution in [1.29, 1.82) is 0 Å². The molecule has 1 unspecified atom stereocenters. The molecule has 96 valence electrons. The number of nitrogens with one attached hydrogen (secondary N) is 1. The first kappa shape index (κ1) is 12.6. The monoisotopic (exact) mass is 249 g/mol. The van der Waals surface area contributed by atoms with Crippen LogP contribution in [0.5, 0.6) is 0 Å². The topological polar surface area (TPSA) is 55.6 Å². The average Bonchev–Trinajstić information content (AvgIpc) is 2.75. The lowest BCUT2D eigenvalue weighted by molar-refractivity contribution is 0.523. The van der Waals surface area contributed by atoms with Crippen molar-refractivity contribution in [3.63, 3.8) is 0 Å². The first-order valence-corrected chi connectivity index (χ1v) is 5.76. The summed E-state index contributed by atoms with van der Waals surface area (Å²) < 4.78 is 13.8. The zero-order chi connectivity index (χ0) is 13.1. The van der Waals surface area contributed by atoms with E-state index in [1.807, 2.05) is 13.0 Å². The summed E-state index contributed by atoms with van der Waals surface area (Å²) in [6.07, 6.45) is 0.505. The first-order chi connectivity index (χ1) is 8.60. The molecule has 0 aliphatic heterocycles. The Labute approximate surface area is 105 Å². The van der Waals surface area contributed by atoms with Crippen LogP contribution in [0.25, 0.3) is 0 Å². The van der Waals surface area contributed by atoms with E-state index in [1.54, 1.807) is 20.2 Å². The van der Waals surface area contributed by atoms with Crippen molar-refractivity contribution in [2.45, 2.75) is 19.4 Å². The number of nitrogens with zero attached hydrogens (tertiary/aromatic N) is 4. The van der Waals surface area contributed by atoms with E-state index in [0.717, 1.165) is 5.56 Å². The normalized spacial score (nSPS) is 12.7. The van der Waals surface area contributed by atoms with Crippen molar-refractivity contribution >= 4 is 0 Å². The molecule has 2 aromatic rings. The van der Waals surface area contributed by atoms with Gasteiger partial charge >= 0.3 is 0 Å². The molecule has 5 nitrogen and oxygen atoms in total. The van der Waals surface area contributed by atoms with Gasteiger partial charge in [-0.15, -0.1) is 10.2 Å². The summed E-state index contributed by atoms with van der Waals surface area (Å²) >= 11 is 0. The van der Waals surface area contributed by atoms with Crippen molar-refractivity contribution < 1.29 is 4.39 Å². The van der Waals surface area contributed by atoms with Crippen molar-refractivity contribution in [1.82, 2.24) is 25.5 Å². The third-order valence-electron chi connectivity index (χ3n) is 2.81. The molecule has 1 N–H and O–H groups in total. The minimum absolute atomic E-state index is 0.158. The summed E-state index contributed by atoms with van der Waals surface area (Å²) in [6.45, 7) is 1.94. The van der Waals surface area contributed by atoms with Gasteiger partial charge in [-0.2, -0.15) is 4.80 Å². The minimum atomic E-state index is -0.219. The Balaban J connectivity index is 2.25. The van der Waals surface area contributed by atoms with Crippen LogP contribution in [0.2, 0.25) is 0 Å². The summed E-state index contributed by atoms with van der Waals surface area (Å²) in [6, 6.07) is 4.92. The van der Waals surface area contributed by atoms with E-state index < -0.39 is 0 Å². The van der Waals surface area contributed by atoms with Crippen LogP contribution in [0.15, 0.2) is 18.2 Å². The molecule has 1 aromatic carbocycles. The molecule has 0 radical (unpaired) electrons. The molecule has 0 saturated carbocycles. The van der Waals surface area contributed by atoms with E-state index in [0.29, 0.717) is 17.8 Å². The van der Waals surface area contributed by atoms with E-state index >= 15 is 0 Å². The van der Waals surface area contributed by atoms with Crippen LogP contribution < -0.4 is 5.32 Å². The second-order valence-electron chi connectivity index (χ2n) is 4.27. The van der Waals surface area contributed by atoms with E-state index in [4.69, 9.17) is 0 Å². The van der Waals surface area contributed by atoms with Gasteiger partial charge in [0, 0.05) is 18.0 Å². The molecule has 1 heterocycles. The Hall–Kier alpha value is -1.82. The van der Waals surface area contributed by atoms with E-state index in [9.17, 15) is 4.39 Å². The number of aryl methyl sites for hydroxylation is 2. The molecule has 0 bridgehead atoms. The molecule has 2 rings (SSSR count). The van der Waals surface area contributed by atoms with E-state index in [-0.39, 0.29) is 11.9 Å². The largest absolute Gasteiger partial charge is 0.313 e. The maximum atomic E-state index is 13.8. The van der Waals surface area contributed by atoms with E-state index in [2.05, 4.69) is 20.7 Å². The summed E-state index contributed by atoms with van der Waals surface area (Å²) in [5.41, 5.74) is 1.66. The van der Waals surface area contributed by atoms with Crippen LogP contribution >= 0.6 is 0 Å². The van der Waals surface area contributed by atoms with Gasteiger partial charge in [-0.3, -0.25) is 0 Å². The van der Waals surface area contributed by atoms with Gasteiger partial charge in [-0.1, -0.05) is 17.7 Å².